The molecule has 0 heterocycles. The van der Waals surface area contributed by atoms with Crippen LogP contribution in [-0.4, -0.2) is 0 Å². The molecule has 0 aromatic rings. The van der Waals surface area contributed by atoms with Crippen molar-refractivity contribution >= 4 is 0 Å². The molecule has 2 atom stereocenters. The van der Waals surface area contributed by atoms with E-state index in [1.54, 1.807) is 11.1 Å². The third-order valence-electron chi connectivity index (χ3n) is 3.74. The first-order valence-electron chi connectivity index (χ1n) is 5.34. The van der Waals surface area contributed by atoms with E-state index in [4.69, 9.17) is 0 Å². The molecule has 0 spiro atoms. The molecule has 0 aromatic heterocycles. The average Bonchev–Trinajstić information content (AvgIpc) is 2.64. The van der Waals surface area contributed by atoms with E-state index < -0.39 is 0 Å². The zero-order valence-electron chi connectivity index (χ0n) is 7.55. The summed E-state index contributed by atoms with van der Waals surface area (Å²) >= 11 is 0. The predicted molar refractivity (Wildman–Crippen MR) is 50.8 cm³/mol. The highest BCUT2D eigenvalue weighted by Crippen LogP contribution is 2.44. The highest BCUT2D eigenvalue weighted by molar-refractivity contribution is 5.32. The molecule has 2 unspecified atom stereocenters. The summed E-state index contributed by atoms with van der Waals surface area (Å²) in [5, 5.41) is 0. The van der Waals surface area contributed by atoms with Gasteiger partial charge in [-0.2, -0.15) is 0 Å². The van der Waals surface area contributed by atoms with E-state index in [0.717, 1.165) is 11.8 Å². The number of fused-ring (bicyclic) bond motifs is 2. The van der Waals surface area contributed by atoms with Crippen molar-refractivity contribution in [2.24, 2.45) is 11.8 Å². The van der Waals surface area contributed by atoms with Gasteiger partial charge in [0.15, 0.2) is 0 Å². The topological polar surface area (TPSA) is 0 Å². The van der Waals surface area contributed by atoms with E-state index in [2.05, 4.69) is 12.2 Å². The van der Waals surface area contributed by atoms with E-state index in [0.29, 0.717) is 0 Å². The normalized spacial score (nSPS) is 38.7. The van der Waals surface area contributed by atoms with Crippen molar-refractivity contribution in [2.75, 3.05) is 0 Å². The maximum Gasteiger partial charge on any atom is -0.00201 e. The zero-order chi connectivity index (χ0) is 7.97. The summed E-state index contributed by atoms with van der Waals surface area (Å²) in [7, 11) is 0. The van der Waals surface area contributed by atoms with Crippen LogP contribution >= 0.6 is 0 Å². The molecule has 0 radical (unpaired) electrons. The quantitative estimate of drug-likeness (QED) is 0.476. The van der Waals surface area contributed by atoms with Crippen molar-refractivity contribution in [3.63, 3.8) is 0 Å². The van der Waals surface area contributed by atoms with Gasteiger partial charge in [0.2, 0.25) is 0 Å². The standard InChI is InChI=1S/C12H16/c1-3-9-7-11-5-2-6-12(11)8-10(9)4-1/h7-9,12H,1-6H2. The Morgan fingerprint density at radius 3 is 1.83 bits per heavy atom. The van der Waals surface area contributed by atoms with Gasteiger partial charge in [-0.25, -0.2) is 0 Å². The van der Waals surface area contributed by atoms with Crippen molar-refractivity contribution in [1.82, 2.24) is 0 Å². The Kier molecular flexibility index (Phi) is 1.44. The number of rotatable bonds is 0. The van der Waals surface area contributed by atoms with E-state index in [1.807, 2.05) is 0 Å². The Morgan fingerprint density at radius 2 is 1.33 bits per heavy atom. The van der Waals surface area contributed by atoms with E-state index in [9.17, 15) is 0 Å². The SMILES string of the molecule is C1=C2CCCC2C=C2CCCC12. The largest absolute Gasteiger partial charge is 0.0775 e. The number of hydrogen-bond acceptors (Lipinski definition) is 0. The minimum Gasteiger partial charge on any atom is -0.0775 e. The van der Waals surface area contributed by atoms with Crippen LogP contribution in [0.5, 0.6) is 0 Å². The Labute approximate surface area is 74.4 Å². The molecule has 3 aliphatic carbocycles. The Balaban J connectivity index is 1.96. The monoisotopic (exact) mass is 160 g/mol. The van der Waals surface area contributed by atoms with Crippen molar-refractivity contribution in [2.45, 2.75) is 38.5 Å². The van der Waals surface area contributed by atoms with Gasteiger partial charge in [-0.05, 0) is 50.4 Å². The van der Waals surface area contributed by atoms with E-state index >= 15 is 0 Å². The second-order valence-electron chi connectivity index (χ2n) is 4.48. The molecule has 0 N–H and O–H groups in total. The lowest BCUT2D eigenvalue weighted by atomic mass is 9.86. The predicted octanol–water partition coefficient (Wildman–Crippen LogP) is 3.45. The zero-order valence-corrected chi connectivity index (χ0v) is 7.55. The summed E-state index contributed by atoms with van der Waals surface area (Å²) in [4.78, 5) is 0. The fourth-order valence-electron chi connectivity index (χ4n) is 3.11. The lowest BCUT2D eigenvalue weighted by molar-refractivity contribution is 0.692. The van der Waals surface area contributed by atoms with Gasteiger partial charge in [0, 0.05) is 0 Å². The lowest BCUT2D eigenvalue weighted by Gasteiger charge is -2.19. The van der Waals surface area contributed by atoms with Crippen LogP contribution in [0.1, 0.15) is 38.5 Å². The summed E-state index contributed by atoms with van der Waals surface area (Å²) in [5.41, 5.74) is 3.54. The Bertz CT molecular complexity index is 229. The summed E-state index contributed by atoms with van der Waals surface area (Å²) in [6.45, 7) is 0. The molecule has 2 saturated carbocycles. The van der Waals surface area contributed by atoms with Crippen LogP contribution in [0.4, 0.5) is 0 Å². The van der Waals surface area contributed by atoms with Crippen LogP contribution < -0.4 is 0 Å². The molecule has 0 aromatic carbocycles. The summed E-state index contributed by atoms with van der Waals surface area (Å²) in [6, 6.07) is 0. The van der Waals surface area contributed by atoms with Gasteiger partial charge in [-0.15, -0.1) is 0 Å². The first-order chi connectivity index (χ1) is 5.93. The summed E-state index contributed by atoms with van der Waals surface area (Å²) < 4.78 is 0. The fourth-order valence-corrected chi connectivity index (χ4v) is 3.11. The second kappa shape index (κ2) is 2.48. The highest BCUT2D eigenvalue weighted by atomic mass is 14.3. The smallest absolute Gasteiger partial charge is 0.00201 e. The summed E-state index contributed by atoms with van der Waals surface area (Å²) in [6.07, 6.45) is 13.7. The summed E-state index contributed by atoms with van der Waals surface area (Å²) in [5.74, 6) is 1.74. The first-order valence-corrected chi connectivity index (χ1v) is 5.34. The van der Waals surface area contributed by atoms with Gasteiger partial charge in [0.1, 0.15) is 0 Å². The highest BCUT2D eigenvalue weighted by Gasteiger charge is 2.29. The molecule has 64 valence electrons. The molecule has 0 nitrogen and oxygen atoms in total. The third-order valence-corrected chi connectivity index (χ3v) is 3.74. The van der Waals surface area contributed by atoms with Gasteiger partial charge in [0.05, 0.1) is 0 Å². The van der Waals surface area contributed by atoms with Crippen LogP contribution in [0.3, 0.4) is 0 Å². The van der Waals surface area contributed by atoms with Crippen molar-refractivity contribution < 1.29 is 0 Å². The minimum absolute atomic E-state index is 0.870. The number of allylic oxidation sites excluding steroid dienone is 4. The molecule has 0 amide bonds. The maximum atomic E-state index is 2.60. The Morgan fingerprint density at radius 1 is 0.833 bits per heavy atom. The minimum atomic E-state index is 0.870. The number of hydrogen-bond donors (Lipinski definition) is 0. The van der Waals surface area contributed by atoms with Gasteiger partial charge < -0.3 is 0 Å². The van der Waals surface area contributed by atoms with Gasteiger partial charge in [-0.3, -0.25) is 0 Å². The molecule has 2 fully saturated rings. The molecule has 3 rings (SSSR count). The van der Waals surface area contributed by atoms with Gasteiger partial charge in [0.25, 0.3) is 0 Å². The molecular formula is C12H16. The molecule has 0 aliphatic heterocycles. The average molecular weight is 160 g/mol. The molecule has 0 heteroatoms. The molecule has 0 saturated heterocycles. The van der Waals surface area contributed by atoms with Crippen molar-refractivity contribution in [3.05, 3.63) is 23.3 Å². The molecule has 0 bridgehead atoms. The molecule has 12 heavy (non-hydrogen) atoms. The lowest BCUT2D eigenvalue weighted by Crippen LogP contribution is -2.05. The molecular weight excluding hydrogens is 144 g/mol. The molecule has 3 aliphatic rings. The van der Waals surface area contributed by atoms with Gasteiger partial charge >= 0.3 is 0 Å². The third kappa shape index (κ3) is 0.903. The maximum absolute atomic E-state index is 2.60. The van der Waals surface area contributed by atoms with Crippen molar-refractivity contribution in [3.8, 4) is 0 Å². The second-order valence-corrected chi connectivity index (χ2v) is 4.48. The van der Waals surface area contributed by atoms with Crippen molar-refractivity contribution in [1.29, 1.82) is 0 Å². The van der Waals surface area contributed by atoms with Gasteiger partial charge in [-0.1, -0.05) is 23.3 Å². The van der Waals surface area contributed by atoms with E-state index in [1.165, 1.54) is 38.5 Å². The van der Waals surface area contributed by atoms with Crippen LogP contribution in [-0.2, 0) is 0 Å². The van der Waals surface area contributed by atoms with Crippen LogP contribution in [0.2, 0.25) is 0 Å². The van der Waals surface area contributed by atoms with Crippen LogP contribution in [0, 0.1) is 11.8 Å². The van der Waals surface area contributed by atoms with E-state index in [-0.39, 0.29) is 0 Å². The first kappa shape index (κ1) is 6.94. The van der Waals surface area contributed by atoms with Crippen LogP contribution in [0.25, 0.3) is 0 Å². The van der Waals surface area contributed by atoms with Crippen LogP contribution in [0.15, 0.2) is 23.3 Å². The fraction of sp³-hybridized carbons (Fsp3) is 0.667. The Hall–Kier alpha value is -0.520.